The Morgan fingerprint density at radius 2 is 0.977 bits per heavy atom. The molecule has 44 heavy (non-hydrogen) atoms. The Balaban J connectivity index is 1.25. The molecule has 11 heteroatoms. The molecule has 0 aliphatic heterocycles. The maximum Gasteiger partial charge on any atom is 0.253 e. The van der Waals surface area contributed by atoms with Crippen molar-refractivity contribution in [1.29, 1.82) is 0 Å². The largest absolute Gasteiger partial charge is 0.348 e. The lowest BCUT2D eigenvalue weighted by Crippen LogP contribution is -2.58. The van der Waals surface area contributed by atoms with Gasteiger partial charge in [-0.3, -0.25) is 9.59 Å². The number of nitrogens with zero attached hydrogens (tertiary/aromatic N) is 4. The molecule has 0 radical (unpaired) electrons. The first kappa shape index (κ1) is 28.9. The van der Waals surface area contributed by atoms with Gasteiger partial charge in [-0.2, -0.15) is 0 Å². The van der Waals surface area contributed by atoms with Crippen LogP contribution in [0.4, 0.5) is 8.78 Å². The van der Waals surface area contributed by atoms with Crippen LogP contribution >= 0.6 is 0 Å². The van der Waals surface area contributed by atoms with Crippen molar-refractivity contribution in [2.45, 2.75) is 44.8 Å². The van der Waals surface area contributed by atoms with Crippen molar-refractivity contribution >= 4 is 55.9 Å². The van der Waals surface area contributed by atoms with Gasteiger partial charge >= 0.3 is 0 Å². The van der Waals surface area contributed by atoms with Crippen molar-refractivity contribution in [3.05, 3.63) is 95.6 Å². The molecular weight excluding hydrogens is 564 g/mol. The van der Waals surface area contributed by atoms with Gasteiger partial charge in [0.05, 0.1) is 33.2 Å². The summed E-state index contributed by atoms with van der Waals surface area (Å²) in [5.41, 5.74) is 9.51. The minimum Gasteiger partial charge on any atom is -0.348 e. The number of amides is 2. The second kappa shape index (κ2) is 11.8. The number of para-hydroxylation sites is 4. The molecule has 6 aromatic rings. The predicted octanol–water partition coefficient (Wildman–Crippen LogP) is 5.20. The zero-order valence-corrected chi connectivity index (χ0v) is 24.0. The number of nitrogens with two attached hydrogens (primary N) is 1. The molecule has 2 unspecified atom stereocenters. The quantitative estimate of drug-likeness (QED) is 0.206. The molecule has 0 aliphatic rings. The van der Waals surface area contributed by atoms with E-state index in [0.29, 0.717) is 34.9 Å². The molecule has 6 rings (SSSR count). The second-order valence-corrected chi connectivity index (χ2v) is 10.6. The Morgan fingerprint density at radius 1 is 0.614 bits per heavy atom. The molecule has 0 fully saturated rings. The van der Waals surface area contributed by atoms with Gasteiger partial charge in [0.1, 0.15) is 22.1 Å². The lowest BCUT2D eigenvalue weighted by atomic mass is 9.95. The van der Waals surface area contributed by atoms with Crippen LogP contribution in [-0.2, 0) is 0 Å². The molecule has 0 spiro atoms. The highest BCUT2D eigenvalue weighted by Gasteiger charge is 2.29. The normalized spacial score (nSPS) is 13.7. The number of aromatic nitrogens is 4. The van der Waals surface area contributed by atoms with Crippen molar-refractivity contribution in [2.75, 3.05) is 0 Å². The Bertz CT molecular complexity index is 1920. The third kappa shape index (κ3) is 5.26. The van der Waals surface area contributed by atoms with Crippen molar-refractivity contribution in [3.63, 3.8) is 0 Å². The fraction of sp³-hybridized carbons (Fsp3) is 0.212. The van der Waals surface area contributed by atoms with E-state index in [0.717, 1.165) is 0 Å². The topological polar surface area (TPSA) is 136 Å². The van der Waals surface area contributed by atoms with Gasteiger partial charge in [0.2, 0.25) is 0 Å². The van der Waals surface area contributed by atoms with E-state index in [9.17, 15) is 18.4 Å². The minimum absolute atomic E-state index is 0.0756. The number of carbonyl (C=O) groups is 2. The summed E-state index contributed by atoms with van der Waals surface area (Å²) in [6, 6.07) is 17.3. The van der Waals surface area contributed by atoms with Crippen LogP contribution in [0.2, 0.25) is 0 Å². The first-order chi connectivity index (χ1) is 21.3. The lowest BCUT2D eigenvalue weighted by Gasteiger charge is -2.31. The molecule has 4 N–H and O–H groups in total. The van der Waals surface area contributed by atoms with Crippen molar-refractivity contribution in [1.82, 2.24) is 30.6 Å². The third-order valence-electron chi connectivity index (χ3n) is 7.82. The highest BCUT2D eigenvalue weighted by Crippen LogP contribution is 2.23. The van der Waals surface area contributed by atoms with E-state index < -0.39 is 41.6 Å². The van der Waals surface area contributed by atoms with Crippen LogP contribution in [0.3, 0.4) is 0 Å². The Kier molecular flexibility index (Phi) is 7.79. The summed E-state index contributed by atoms with van der Waals surface area (Å²) in [6.07, 6.45) is 0.941. The van der Waals surface area contributed by atoms with Gasteiger partial charge in [-0.15, -0.1) is 0 Å². The highest BCUT2D eigenvalue weighted by atomic mass is 19.1. The molecular formula is C33H29F2N7O2. The molecule has 0 saturated carbocycles. The molecule has 0 saturated heterocycles. The van der Waals surface area contributed by atoms with Crippen LogP contribution in [0.25, 0.3) is 44.1 Å². The molecule has 9 nitrogen and oxygen atoms in total. The van der Waals surface area contributed by atoms with Gasteiger partial charge in [-0.1, -0.05) is 38.1 Å². The molecule has 2 aromatic heterocycles. The molecule has 2 heterocycles. The van der Waals surface area contributed by atoms with Gasteiger partial charge in [0, 0.05) is 18.1 Å². The number of hydrogen-bond donors (Lipinski definition) is 3. The maximum atomic E-state index is 14.5. The first-order valence-corrected chi connectivity index (χ1v) is 14.4. The molecule has 2 amide bonds. The maximum absolute atomic E-state index is 14.5. The molecule has 2 atom stereocenters. The summed E-state index contributed by atoms with van der Waals surface area (Å²) < 4.78 is 28.9. The summed E-state index contributed by atoms with van der Waals surface area (Å²) >= 11 is 0. The number of halogens is 2. The van der Waals surface area contributed by atoms with Crippen molar-refractivity contribution < 1.29 is 18.4 Å². The zero-order valence-electron chi connectivity index (χ0n) is 24.0. The Hall–Kier alpha value is -5.16. The highest BCUT2D eigenvalue weighted by molar-refractivity contribution is 6.07. The van der Waals surface area contributed by atoms with Gasteiger partial charge in [0.25, 0.3) is 11.8 Å². The fourth-order valence-corrected chi connectivity index (χ4v) is 5.45. The molecule has 0 bridgehead atoms. The zero-order chi connectivity index (χ0) is 31.0. The van der Waals surface area contributed by atoms with Gasteiger partial charge in [0.15, 0.2) is 11.6 Å². The Labute approximate surface area is 250 Å². The summed E-state index contributed by atoms with van der Waals surface area (Å²) in [4.78, 5) is 44.9. The van der Waals surface area contributed by atoms with E-state index in [1.807, 2.05) is 13.8 Å². The summed E-state index contributed by atoms with van der Waals surface area (Å²) in [5.74, 6) is -1.94. The second-order valence-electron chi connectivity index (χ2n) is 10.6. The van der Waals surface area contributed by atoms with Gasteiger partial charge in [-0.05, 0) is 61.4 Å². The number of carbonyl (C=O) groups excluding carboxylic acids is 2. The average molecular weight is 594 g/mol. The minimum atomic E-state index is -0.670. The monoisotopic (exact) mass is 593 g/mol. The first-order valence-electron chi connectivity index (χ1n) is 14.4. The van der Waals surface area contributed by atoms with E-state index in [1.54, 1.807) is 60.7 Å². The molecule has 4 aromatic carbocycles. The lowest BCUT2D eigenvalue weighted by molar-refractivity contribution is 0.0909. The van der Waals surface area contributed by atoms with Gasteiger partial charge in [-0.25, -0.2) is 28.7 Å². The van der Waals surface area contributed by atoms with Crippen molar-refractivity contribution in [3.8, 4) is 0 Å². The fourth-order valence-electron chi connectivity index (χ4n) is 5.45. The van der Waals surface area contributed by atoms with Crippen LogP contribution in [-0.4, -0.2) is 49.9 Å². The van der Waals surface area contributed by atoms with E-state index in [-0.39, 0.29) is 33.2 Å². The van der Waals surface area contributed by atoms with E-state index >= 15 is 0 Å². The number of fused-ring (bicyclic) bond motifs is 4. The third-order valence-corrected chi connectivity index (χ3v) is 7.82. The number of rotatable bonds is 8. The number of hydrogen-bond acceptors (Lipinski definition) is 7. The molecule has 222 valence electrons. The van der Waals surface area contributed by atoms with Crippen LogP contribution in [0.1, 0.15) is 47.4 Å². The SMILES string of the molecule is CCC(NC(=O)c1cccc2nc3cccc(F)c3nc12)C(N)C(CC)NC(=O)c1cccc2nc3cccc(F)c3nc12. The van der Waals surface area contributed by atoms with Crippen LogP contribution in [0, 0.1) is 11.6 Å². The Morgan fingerprint density at radius 3 is 1.36 bits per heavy atom. The summed E-state index contributed by atoms with van der Waals surface area (Å²) in [6.45, 7) is 3.76. The smallest absolute Gasteiger partial charge is 0.253 e. The van der Waals surface area contributed by atoms with E-state index in [1.165, 1.54) is 12.1 Å². The standard InChI is InChI=1S/C33H29F2N7O2/c1-3-21(39-32(43)17-9-5-13-23-28(17)41-30-19(34)11-7-15-25(30)37-23)27(36)22(4-2)40-33(44)18-10-6-14-24-29(18)42-31-20(35)12-8-16-26(31)38-24/h5-16,21-22,27H,3-4,36H2,1-2H3,(H,39,43)(H,40,44). The van der Waals surface area contributed by atoms with E-state index in [4.69, 9.17) is 5.73 Å². The average Bonchev–Trinajstić information content (AvgIpc) is 3.03. The summed E-state index contributed by atoms with van der Waals surface area (Å²) in [7, 11) is 0. The van der Waals surface area contributed by atoms with Gasteiger partial charge < -0.3 is 16.4 Å². The summed E-state index contributed by atoms with van der Waals surface area (Å²) in [5, 5.41) is 5.96. The van der Waals surface area contributed by atoms with Crippen LogP contribution in [0.5, 0.6) is 0 Å². The van der Waals surface area contributed by atoms with Crippen LogP contribution < -0.4 is 16.4 Å². The molecule has 0 aliphatic carbocycles. The van der Waals surface area contributed by atoms with E-state index in [2.05, 4.69) is 30.6 Å². The van der Waals surface area contributed by atoms with Crippen LogP contribution in [0.15, 0.2) is 72.8 Å². The predicted molar refractivity (Wildman–Crippen MR) is 165 cm³/mol. The number of nitrogens with one attached hydrogen (secondary N) is 2. The number of benzene rings is 4. The van der Waals surface area contributed by atoms with Crippen molar-refractivity contribution in [2.24, 2.45) is 5.73 Å².